The fraction of sp³-hybridized carbons (Fsp3) is 0.889. The van der Waals surface area contributed by atoms with E-state index >= 15 is 0 Å². The Balaban J connectivity index is 2.64. The van der Waals surface area contributed by atoms with Gasteiger partial charge in [-0.2, -0.15) is 12.6 Å². The fourth-order valence-electron chi connectivity index (χ4n) is 1.55. The second-order valence-electron chi connectivity index (χ2n) is 4.43. The van der Waals surface area contributed by atoms with E-state index in [2.05, 4.69) is 33.4 Å². The molecule has 1 unspecified atom stereocenters. The number of hydrogen-bond acceptors (Lipinski definition) is 2. The number of amides is 1. The van der Waals surface area contributed by atoms with Crippen molar-refractivity contribution < 1.29 is 4.79 Å². The Bertz CT molecular complexity index is 185. The van der Waals surface area contributed by atoms with Crippen LogP contribution in [0.15, 0.2) is 0 Å². The molecule has 0 aromatic rings. The van der Waals surface area contributed by atoms with Crippen molar-refractivity contribution in [2.24, 2.45) is 5.92 Å². The maximum atomic E-state index is 11.5. The summed E-state index contributed by atoms with van der Waals surface area (Å²) in [6.07, 6.45) is 0.681. The van der Waals surface area contributed by atoms with Gasteiger partial charge in [-0.15, -0.1) is 0 Å². The van der Waals surface area contributed by atoms with Crippen molar-refractivity contribution in [3.05, 3.63) is 0 Å². The molecule has 1 saturated heterocycles. The second-order valence-corrected chi connectivity index (χ2v) is 4.79. The molecule has 0 bridgehead atoms. The monoisotopic (exact) mass is 187 g/mol. The van der Waals surface area contributed by atoms with Gasteiger partial charge in [-0.25, -0.2) is 0 Å². The minimum absolute atomic E-state index is 0.0191. The van der Waals surface area contributed by atoms with Crippen LogP contribution in [0.25, 0.3) is 0 Å². The minimum atomic E-state index is -0.0191. The Morgan fingerprint density at radius 3 is 2.42 bits per heavy atom. The van der Waals surface area contributed by atoms with E-state index < -0.39 is 0 Å². The molecule has 0 aromatic carbocycles. The lowest BCUT2D eigenvalue weighted by molar-refractivity contribution is -0.131. The number of likely N-dealkylation sites (tertiary alicyclic amines) is 1. The summed E-state index contributed by atoms with van der Waals surface area (Å²) >= 11 is 4.21. The topological polar surface area (TPSA) is 20.3 Å². The van der Waals surface area contributed by atoms with Gasteiger partial charge in [0.2, 0.25) is 5.91 Å². The summed E-state index contributed by atoms with van der Waals surface area (Å²) in [6.45, 7) is 7.11. The molecule has 3 heteroatoms. The van der Waals surface area contributed by atoms with Crippen molar-refractivity contribution in [3.63, 3.8) is 0 Å². The van der Waals surface area contributed by atoms with Gasteiger partial charge >= 0.3 is 0 Å². The smallest absolute Gasteiger partial charge is 0.223 e. The number of carbonyl (C=O) groups excluding carboxylic acids is 1. The summed E-state index contributed by atoms with van der Waals surface area (Å²) in [5, 5.41) is 0. The van der Waals surface area contributed by atoms with Crippen LogP contribution in [0, 0.1) is 5.92 Å². The first-order chi connectivity index (χ1) is 5.45. The first-order valence-electron chi connectivity index (χ1n) is 4.36. The number of rotatable bonds is 1. The summed E-state index contributed by atoms with van der Waals surface area (Å²) in [6, 6.07) is 0. The Morgan fingerprint density at radius 1 is 1.58 bits per heavy atom. The van der Waals surface area contributed by atoms with E-state index in [-0.39, 0.29) is 11.4 Å². The van der Waals surface area contributed by atoms with Crippen LogP contribution in [-0.2, 0) is 4.79 Å². The van der Waals surface area contributed by atoms with Gasteiger partial charge in [0.15, 0.2) is 0 Å². The minimum Gasteiger partial charge on any atom is -0.338 e. The quantitative estimate of drug-likeness (QED) is 0.618. The summed E-state index contributed by atoms with van der Waals surface area (Å²) in [5.74, 6) is 1.56. The zero-order chi connectivity index (χ0) is 9.35. The lowest BCUT2D eigenvalue weighted by Crippen LogP contribution is -2.42. The van der Waals surface area contributed by atoms with Crippen LogP contribution < -0.4 is 0 Å². The Kier molecular flexibility index (Phi) is 2.71. The second kappa shape index (κ2) is 3.29. The molecule has 1 atom stereocenters. The molecule has 0 aromatic heterocycles. The number of thiol groups is 1. The molecule has 0 spiro atoms. The lowest BCUT2D eigenvalue weighted by atomic mass is 10.1. The average molecular weight is 187 g/mol. The SMILES string of the molecule is CC(C)(C)N1CC(CS)CC1=O. The van der Waals surface area contributed by atoms with E-state index in [1.807, 2.05) is 4.90 Å². The van der Waals surface area contributed by atoms with Gasteiger partial charge in [-0.05, 0) is 32.4 Å². The van der Waals surface area contributed by atoms with Gasteiger partial charge in [-0.3, -0.25) is 4.79 Å². The van der Waals surface area contributed by atoms with E-state index in [9.17, 15) is 4.79 Å². The van der Waals surface area contributed by atoms with Crippen molar-refractivity contribution in [2.45, 2.75) is 32.7 Å². The van der Waals surface area contributed by atoms with Crippen molar-refractivity contribution in [3.8, 4) is 0 Å². The molecule has 1 rings (SSSR count). The lowest BCUT2D eigenvalue weighted by Gasteiger charge is -2.32. The third-order valence-corrected chi connectivity index (χ3v) is 2.79. The highest BCUT2D eigenvalue weighted by Gasteiger charge is 2.35. The first kappa shape index (κ1) is 9.90. The summed E-state index contributed by atoms with van der Waals surface area (Å²) in [4.78, 5) is 13.4. The summed E-state index contributed by atoms with van der Waals surface area (Å²) < 4.78 is 0. The van der Waals surface area contributed by atoms with Gasteiger partial charge < -0.3 is 4.90 Å². The molecule has 0 saturated carbocycles. The molecular weight excluding hydrogens is 170 g/mol. The summed E-state index contributed by atoms with van der Waals surface area (Å²) in [5.41, 5.74) is -0.0191. The normalized spacial score (nSPS) is 25.2. The van der Waals surface area contributed by atoms with Crippen LogP contribution in [0.4, 0.5) is 0 Å². The molecule has 0 aliphatic carbocycles. The zero-order valence-corrected chi connectivity index (χ0v) is 8.90. The molecule has 1 aliphatic rings. The zero-order valence-electron chi connectivity index (χ0n) is 8.00. The van der Waals surface area contributed by atoms with Gasteiger partial charge in [0, 0.05) is 18.5 Å². The van der Waals surface area contributed by atoms with Crippen LogP contribution in [0.1, 0.15) is 27.2 Å². The molecule has 70 valence electrons. The van der Waals surface area contributed by atoms with Crippen LogP contribution >= 0.6 is 12.6 Å². The van der Waals surface area contributed by atoms with Gasteiger partial charge in [0.25, 0.3) is 0 Å². The average Bonchev–Trinajstić information content (AvgIpc) is 2.29. The predicted molar refractivity (Wildman–Crippen MR) is 53.4 cm³/mol. The third-order valence-electron chi connectivity index (χ3n) is 2.27. The van der Waals surface area contributed by atoms with Crippen molar-refractivity contribution in [1.82, 2.24) is 4.90 Å². The maximum absolute atomic E-state index is 11.5. The standard InChI is InChI=1S/C9H17NOS/c1-9(2,3)10-5-7(6-12)4-8(10)11/h7,12H,4-6H2,1-3H3. The van der Waals surface area contributed by atoms with Crippen LogP contribution in [-0.4, -0.2) is 28.6 Å². The van der Waals surface area contributed by atoms with E-state index in [1.165, 1.54) is 0 Å². The Morgan fingerprint density at radius 2 is 2.17 bits per heavy atom. The van der Waals surface area contributed by atoms with Gasteiger partial charge in [-0.1, -0.05) is 0 Å². The highest BCUT2D eigenvalue weighted by Crippen LogP contribution is 2.25. The molecule has 0 N–H and O–H groups in total. The van der Waals surface area contributed by atoms with Gasteiger partial charge in [0.05, 0.1) is 0 Å². The van der Waals surface area contributed by atoms with E-state index in [1.54, 1.807) is 0 Å². The molecular formula is C9H17NOS. The number of carbonyl (C=O) groups is 1. The molecule has 1 heterocycles. The predicted octanol–water partition coefficient (Wildman–Crippen LogP) is 1.56. The highest BCUT2D eigenvalue weighted by molar-refractivity contribution is 7.80. The maximum Gasteiger partial charge on any atom is 0.223 e. The molecule has 1 fully saturated rings. The van der Waals surface area contributed by atoms with Crippen LogP contribution in [0.2, 0.25) is 0 Å². The third kappa shape index (κ3) is 1.94. The molecule has 2 nitrogen and oxygen atoms in total. The Labute approximate surface area is 79.7 Å². The number of hydrogen-bond donors (Lipinski definition) is 1. The largest absolute Gasteiger partial charge is 0.338 e. The molecule has 0 radical (unpaired) electrons. The molecule has 1 amide bonds. The van der Waals surface area contributed by atoms with Gasteiger partial charge in [0.1, 0.15) is 0 Å². The van der Waals surface area contributed by atoms with Crippen LogP contribution in [0.3, 0.4) is 0 Å². The highest BCUT2D eigenvalue weighted by atomic mass is 32.1. The molecule has 1 aliphatic heterocycles. The Hall–Kier alpha value is -0.180. The molecule has 12 heavy (non-hydrogen) atoms. The first-order valence-corrected chi connectivity index (χ1v) is 4.99. The van der Waals surface area contributed by atoms with Crippen molar-refractivity contribution >= 4 is 18.5 Å². The summed E-state index contributed by atoms with van der Waals surface area (Å²) in [7, 11) is 0. The van der Waals surface area contributed by atoms with Crippen LogP contribution in [0.5, 0.6) is 0 Å². The number of nitrogens with zero attached hydrogens (tertiary/aromatic N) is 1. The van der Waals surface area contributed by atoms with Crippen molar-refractivity contribution in [2.75, 3.05) is 12.3 Å². The van der Waals surface area contributed by atoms with Crippen molar-refractivity contribution in [1.29, 1.82) is 0 Å². The fourth-order valence-corrected chi connectivity index (χ4v) is 1.80. The van der Waals surface area contributed by atoms with E-state index in [0.717, 1.165) is 12.3 Å². The van der Waals surface area contributed by atoms with E-state index in [0.29, 0.717) is 12.3 Å². The van der Waals surface area contributed by atoms with E-state index in [4.69, 9.17) is 0 Å².